The first-order valence-corrected chi connectivity index (χ1v) is 4.63. The number of aryl methyl sites for hydroxylation is 2. The van der Waals surface area contributed by atoms with Gasteiger partial charge in [-0.3, -0.25) is 4.68 Å². The number of hydrogen-bond acceptors (Lipinski definition) is 3. The van der Waals surface area contributed by atoms with E-state index in [0.29, 0.717) is 13.1 Å². The van der Waals surface area contributed by atoms with E-state index in [-0.39, 0.29) is 0 Å². The van der Waals surface area contributed by atoms with Gasteiger partial charge in [-0.25, -0.2) is 0 Å². The van der Waals surface area contributed by atoms with Crippen molar-refractivity contribution < 1.29 is 0 Å². The van der Waals surface area contributed by atoms with E-state index in [0.717, 1.165) is 23.0 Å². The molecular weight excluding hydrogens is 188 g/mol. The van der Waals surface area contributed by atoms with Gasteiger partial charge >= 0.3 is 0 Å². The zero-order valence-electron chi connectivity index (χ0n) is 7.97. The highest BCUT2D eigenvalue weighted by Gasteiger charge is 2.09. The molecule has 0 aliphatic heterocycles. The predicted octanol–water partition coefficient (Wildman–Crippen LogP) is 0.430. The van der Waals surface area contributed by atoms with Crippen molar-refractivity contribution >= 4 is 11.6 Å². The lowest BCUT2D eigenvalue weighted by Gasteiger charge is -2.03. The molecule has 1 aromatic rings. The van der Waals surface area contributed by atoms with Crippen molar-refractivity contribution in [3.8, 4) is 0 Å². The van der Waals surface area contributed by atoms with E-state index in [9.17, 15) is 0 Å². The summed E-state index contributed by atoms with van der Waals surface area (Å²) in [6.45, 7) is 4.04. The van der Waals surface area contributed by atoms with Crippen molar-refractivity contribution in [3.63, 3.8) is 0 Å². The van der Waals surface area contributed by atoms with Gasteiger partial charge in [0.1, 0.15) is 0 Å². The molecule has 0 fully saturated rings. The fraction of sp³-hybridized carbons (Fsp3) is 0.625. The van der Waals surface area contributed by atoms with Crippen LogP contribution in [0, 0.1) is 6.92 Å². The lowest BCUT2D eigenvalue weighted by molar-refractivity contribution is 0.628. The van der Waals surface area contributed by atoms with E-state index in [4.69, 9.17) is 17.3 Å². The number of nitrogens with zero attached hydrogens (tertiary/aromatic N) is 2. The molecule has 5 heteroatoms. The SMILES string of the molecule is Cc1nn(C)c(CNCCN)c1Cl. The van der Waals surface area contributed by atoms with Crippen molar-refractivity contribution in [2.45, 2.75) is 13.5 Å². The van der Waals surface area contributed by atoms with Gasteiger partial charge in [0.05, 0.1) is 16.4 Å². The van der Waals surface area contributed by atoms with E-state index in [2.05, 4.69) is 10.4 Å². The molecule has 0 unspecified atom stereocenters. The first kappa shape index (κ1) is 10.5. The molecule has 0 aliphatic carbocycles. The monoisotopic (exact) mass is 202 g/mol. The molecule has 0 amide bonds. The fourth-order valence-corrected chi connectivity index (χ4v) is 1.41. The molecule has 0 saturated heterocycles. The molecule has 74 valence electrons. The van der Waals surface area contributed by atoms with Gasteiger partial charge in [0, 0.05) is 26.7 Å². The minimum absolute atomic E-state index is 0.633. The minimum Gasteiger partial charge on any atom is -0.329 e. The normalized spacial score (nSPS) is 10.8. The summed E-state index contributed by atoms with van der Waals surface area (Å²) in [7, 11) is 1.89. The molecule has 0 atom stereocenters. The molecule has 0 bridgehead atoms. The summed E-state index contributed by atoms with van der Waals surface area (Å²) in [6, 6.07) is 0. The molecule has 1 aromatic heterocycles. The second-order valence-corrected chi connectivity index (χ2v) is 3.31. The Balaban J connectivity index is 2.64. The van der Waals surface area contributed by atoms with Crippen molar-refractivity contribution in [2.24, 2.45) is 12.8 Å². The van der Waals surface area contributed by atoms with Gasteiger partial charge < -0.3 is 11.1 Å². The van der Waals surface area contributed by atoms with Crippen molar-refractivity contribution in [3.05, 3.63) is 16.4 Å². The molecule has 4 nitrogen and oxygen atoms in total. The summed E-state index contributed by atoms with van der Waals surface area (Å²) in [5.74, 6) is 0. The summed E-state index contributed by atoms with van der Waals surface area (Å²) < 4.78 is 1.79. The molecule has 13 heavy (non-hydrogen) atoms. The third-order valence-corrected chi connectivity index (χ3v) is 2.37. The average molecular weight is 203 g/mol. The van der Waals surface area contributed by atoms with Gasteiger partial charge in [0.2, 0.25) is 0 Å². The van der Waals surface area contributed by atoms with Gasteiger partial charge in [-0.15, -0.1) is 0 Å². The number of aromatic nitrogens is 2. The number of halogens is 1. The lowest BCUT2D eigenvalue weighted by Crippen LogP contribution is -2.23. The summed E-state index contributed by atoms with van der Waals surface area (Å²) in [6.07, 6.45) is 0. The summed E-state index contributed by atoms with van der Waals surface area (Å²) in [5, 5.41) is 8.12. The Hall–Kier alpha value is -0.580. The van der Waals surface area contributed by atoms with Crippen molar-refractivity contribution in [1.29, 1.82) is 0 Å². The Kier molecular flexibility index (Phi) is 3.71. The zero-order valence-corrected chi connectivity index (χ0v) is 8.73. The second kappa shape index (κ2) is 4.60. The van der Waals surface area contributed by atoms with E-state index in [1.165, 1.54) is 0 Å². The van der Waals surface area contributed by atoms with Crippen LogP contribution in [0.5, 0.6) is 0 Å². The highest BCUT2D eigenvalue weighted by molar-refractivity contribution is 6.31. The lowest BCUT2D eigenvalue weighted by atomic mass is 10.3. The summed E-state index contributed by atoms with van der Waals surface area (Å²) in [4.78, 5) is 0. The average Bonchev–Trinajstić information content (AvgIpc) is 2.32. The maximum Gasteiger partial charge on any atom is 0.0860 e. The van der Waals surface area contributed by atoms with E-state index < -0.39 is 0 Å². The molecule has 0 aliphatic rings. The Bertz CT molecular complexity index is 282. The third-order valence-electron chi connectivity index (χ3n) is 1.88. The number of nitrogens with one attached hydrogen (secondary N) is 1. The fourth-order valence-electron chi connectivity index (χ4n) is 1.18. The van der Waals surface area contributed by atoms with Crippen LogP contribution in [-0.2, 0) is 13.6 Å². The summed E-state index contributed by atoms with van der Waals surface area (Å²) in [5.41, 5.74) is 7.23. The van der Waals surface area contributed by atoms with Crippen LogP contribution in [0.4, 0.5) is 0 Å². The van der Waals surface area contributed by atoms with Gasteiger partial charge in [0.25, 0.3) is 0 Å². The zero-order chi connectivity index (χ0) is 9.84. The van der Waals surface area contributed by atoms with Crippen LogP contribution < -0.4 is 11.1 Å². The van der Waals surface area contributed by atoms with Gasteiger partial charge in [-0.05, 0) is 6.92 Å². The van der Waals surface area contributed by atoms with Crippen LogP contribution in [0.15, 0.2) is 0 Å². The summed E-state index contributed by atoms with van der Waals surface area (Å²) >= 11 is 6.04. The van der Waals surface area contributed by atoms with Gasteiger partial charge in [-0.2, -0.15) is 5.10 Å². The topological polar surface area (TPSA) is 55.9 Å². The van der Waals surface area contributed by atoms with Gasteiger partial charge in [0.15, 0.2) is 0 Å². The van der Waals surface area contributed by atoms with E-state index in [1.54, 1.807) is 4.68 Å². The van der Waals surface area contributed by atoms with Crippen LogP contribution in [0.25, 0.3) is 0 Å². The molecule has 3 N–H and O–H groups in total. The molecule has 1 heterocycles. The first-order valence-electron chi connectivity index (χ1n) is 4.25. The van der Waals surface area contributed by atoms with Crippen molar-refractivity contribution in [2.75, 3.05) is 13.1 Å². The van der Waals surface area contributed by atoms with E-state index >= 15 is 0 Å². The van der Waals surface area contributed by atoms with Crippen molar-refractivity contribution in [1.82, 2.24) is 15.1 Å². The van der Waals surface area contributed by atoms with Gasteiger partial charge in [-0.1, -0.05) is 11.6 Å². The van der Waals surface area contributed by atoms with Crippen LogP contribution in [-0.4, -0.2) is 22.9 Å². The molecular formula is C8H15ClN4. The molecule has 0 spiro atoms. The minimum atomic E-state index is 0.633. The van der Waals surface area contributed by atoms with Crippen LogP contribution >= 0.6 is 11.6 Å². The highest BCUT2D eigenvalue weighted by Crippen LogP contribution is 2.18. The largest absolute Gasteiger partial charge is 0.329 e. The second-order valence-electron chi connectivity index (χ2n) is 2.94. The van der Waals surface area contributed by atoms with E-state index in [1.807, 2.05) is 14.0 Å². The van der Waals surface area contributed by atoms with Crippen LogP contribution in [0.2, 0.25) is 5.02 Å². The third kappa shape index (κ3) is 2.43. The quantitative estimate of drug-likeness (QED) is 0.697. The Morgan fingerprint density at radius 3 is 2.77 bits per heavy atom. The Morgan fingerprint density at radius 1 is 1.62 bits per heavy atom. The number of hydrogen-bond donors (Lipinski definition) is 2. The smallest absolute Gasteiger partial charge is 0.0860 e. The molecule has 0 radical (unpaired) electrons. The number of nitrogens with two attached hydrogens (primary N) is 1. The number of rotatable bonds is 4. The maximum atomic E-state index is 6.04. The highest BCUT2D eigenvalue weighted by atomic mass is 35.5. The molecule has 0 aromatic carbocycles. The Morgan fingerprint density at radius 2 is 2.31 bits per heavy atom. The van der Waals surface area contributed by atoms with Crippen LogP contribution in [0.1, 0.15) is 11.4 Å². The van der Waals surface area contributed by atoms with Crippen LogP contribution in [0.3, 0.4) is 0 Å². The first-order chi connectivity index (χ1) is 6.16. The molecule has 1 rings (SSSR count). The predicted molar refractivity (Wildman–Crippen MR) is 53.7 cm³/mol. The molecule has 0 saturated carbocycles. The maximum absolute atomic E-state index is 6.04. The Labute approximate surface area is 83.1 Å². The standard InChI is InChI=1S/C8H15ClN4/c1-6-8(9)7(13(2)12-6)5-11-4-3-10/h11H,3-5,10H2,1-2H3.